The van der Waals surface area contributed by atoms with Gasteiger partial charge in [-0.25, -0.2) is 0 Å². The van der Waals surface area contributed by atoms with Crippen molar-refractivity contribution < 1.29 is 9.59 Å². The van der Waals surface area contributed by atoms with Crippen LogP contribution in [0.5, 0.6) is 0 Å². The van der Waals surface area contributed by atoms with E-state index < -0.39 is 0 Å². The Hall–Kier alpha value is -1.30. The highest BCUT2D eigenvalue weighted by molar-refractivity contribution is 6.43. The van der Waals surface area contributed by atoms with E-state index in [1.54, 1.807) is 23.1 Å². The summed E-state index contributed by atoms with van der Waals surface area (Å²) in [6, 6.07) is 5.05. The second-order valence-corrected chi connectivity index (χ2v) is 7.13. The highest BCUT2D eigenvalue weighted by atomic mass is 35.5. The molecule has 2 fully saturated rings. The van der Waals surface area contributed by atoms with Gasteiger partial charge in [0.1, 0.15) is 0 Å². The lowest BCUT2D eigenvalue weighted by molar-refractivity contribution is -0.131. The predicted octanol–water partition coefficient (Wildman–Crippen LogP) is 2.28. The van der Waals surface area contributed by atoms with E-state index in [0.717, 1.165) is 12.5 Å². The molecule has 130 valence electrons. The van der Waals surface area contributed by atoms with Gasteiger partial charge in [-0.3, -0.25) is 9.59 Å². The Morgan fingerprint density at radius 3 is 2.42 bits per heavy atom. The first-order chi connectivity index (χ1) is 11.6. The van der Waals surface area contributed by atoms with Crippen LogP contribution in [0.25, 0.3) is 0 Å². The van der Waals surface area contributed by atoms with E-state index in [9.17, 15) is 9.59 Å². The van der Waals surface area contributed by atoms with Crippen molar-refractivity contribution in [3.05, 3.63) is 33.8 Å². The van der Waals surface area contributed by atoms with Crippen LogP contribution in [0, 0.1) is 5.92 Å². The maximum absolute atomic E-state index is 12.6. The van der Waals surface area contributed by atoms with Crippen molar-refractivity contribution in [3.8, 4) is 0 Å². The molecule has 2 amide bonds. The molecule has 2 aliphatic rings. The number of halogens is 2. The zero-order valence-electron chi connectivity index (χ0n) is 13.4. The summed E-state index contributed by atoms with van der Waals surface area (Å²) in [5.41, 5.74) is 0.412. The number of carbonyl (C=O) groups excluding carboxylic acids is 2. The second kappa shape index (κ2) is 7.72. The molecule has 0 unspecified atom stereocenters. The average Bonchev–Trinajstić information content (AvgIpc) is 3.41. The fourth-order valence-electron chi connectivity index (χ4n) is 2.82. The Balaban J connectivity index is 1.49. The van der Waals surface area contributed by atoms with Gasteiger partial charge in [-0.2, -0.15) is 0 Å². The maximum atomic E-state index is 12.6. The SMILES string of the molecule is O=C(CNCC1CC1)N1CCN(C(=O)c2cccc(Cl)c2Cl)CC1. The summed E-state index contributed by atoms with van der Waals surface area (Å²) in [4.78, 5) is 28.3. The van der Waals surface area contributed by atoms with E-state index in [4.69, 9.17) is 23.2 Å². The van der Waals surface area contributed by atoms with E-state index >= 15 is 0 Å². The number of amides is 2. The lowest BCUT2D eigenvalue weighted by Crippen LogP contribution is -2.52. The second-order valence-electron chi connectivity index (χ2n) is 6.35. The minimum Gasteiger partial charge on any atom is -0.338 e. The van der Waals surface area contributed by atoms with Gasteiger partial charge in [-0.05, 0) is 37.4 Å². The zero-order valence-corrected chi connectivity index (χ0v) is 14.9. The first-order valence-electron chi connectivity index (χ1n) is 8.28. The smallest absolute Gasteiger partial charge is 0.255 e. The van der Waals surface area contributed by atoms with Gasteiger partial charge >= 0.3 is 0 Å². The van der Waals surface area contributed by atoms with Crippen molar-refractivity contribution in [2.45, 2.75) is 12.8 Å². The molecule has 1 saturated heterocycles. The molecule has 1 heterocycles. The molecule has 0 aromatic heterocycles. The quantitative estimate of drug-likeness (QED) is 0.865. The molecule has 7 heteroatoms. The minimum atomic E-state index is -0.138. The minimum absolute atomic E-state index is 0.100. The van der Waals surface area contributed by atoms with Gasteiger partial charge in [-0.1, -0.05) is 29.3 Å². The van der Waals surface area contributed by atoms with Crippen molar-refractivity contribution >= 4 is 35.0 Å². The monoisotopic (exact) mass is 369 g/mol. The van der Waals surface area contributed by atoms with E-state index in [1.165, 1.54) is 12.8 Å². The van der Waals surface area contributed by atoms with E-state index in [0.29, 0.717) is 43.3 Å². The topological polar surface area (TPSA) is 52.7 Å². The molecular formula is C17H21Cl2N3O2. The average molecular weight is 370 g/mol. The summed E-state index contributed by atoms with van der Waals surface area (Å²) in [6.45, 7) is 3.43. The number of hydrogen-bond acceptors (Lipinski definition) is 3. The largest absolute Gasteiger partial charge is 0.338 e. The molecule has 1 N–H and O–H groups in total. The normalized spacial score (nSPS) is 17.9. The lowest BCUT2D eigenvalue weighted by atomic mass is 10.1. The third-order valence-corrected chi connectivity index (χ3v) is 5.33. The first-order valence-corrected chi connectivity index (χ1v) is 9.03. The molecule has 1 aromatic carbocycles. The van der Waals surface area contributed by atoms with Crippen LogP contribution in [0.3, 0.4) is 0 Å². The van der Waals surface area contributed by atoms with Crippen molar-refractivity contribution in [3.63, 3.8) is 0 Å². The number of nitrogens with zero attached hydrogens (tertiary/aromatic N) is 2. The lowest BCUT2D eigenvalue weighted by Gasteiger charge is -2.35. The van der Waals surface area contributed by atoms with Gasteiger partial charge in [0.25, 0.3) is 5.91 Å². The molecule has 1 aliphatic heterocycles. The molecule has 0 radical (unpaired) electrons. The van der Waals surface area contributed by atoms with Gasteiger partial charge in [0, 0.05) is 26.2 Å². The van der Waals surface area contributed by atoms with Gasteiger partial charge in [0.05, 0.1) is 22.2 Å². The number of rotatable bonds is 5. The van der Waals surface area contributed by atoms with Gasteiger partial charge in [-0.15, -0.1) is 0 Å². The summed E-state index contributed by atoms with van der Waals surface area (Å²) in [5, 5.41) is 3.87. The van der Waals surface area contributed by atoms with Crippen LogP contribution in [0.15, 0.2) is 18.2 Å². The molecule has 3 rings (SSSR count). The van der Waals surface area contributed by atoms with Crippen molar-refractivity contribution in [2.24, 2.45) is 5.92 Å². The van der Waals surface area contributed by atoms with Gasteiger partial charge < -0.3 is 15.1 Å². The molecule has 5 nitrogen and oxygen atoms in total. The summed E-state index contributed by atoms with van der Waals surface area (Å²) in [7, 11) is 0. The molecular weight excluding hydrogens is 349 g/mol. The Morgan fingerprint density at radius 1 is 1.08 bits per heavy atom. The predicted molar refractivity (Wildman–Crippen MR) is 94.5 cm³/mol. The summed E-state index contributed by atoms with van der Waals surface area (Å²) < 4.78 is 0. The van der Waals surface area contributed by atoms with E-state index in [1.807, 2.05) is 4.90 Å². The Labute approximate surface area is 151 Å². The molecule has 1 aromatic rings. The van der Waals surface area contributed by atoms with Crippen LogP contribution in [0.2, 0.25) is 10.0 Å². The number of hydrogen-bond donors (Lipinski definition) is 1. The van der Waals surface area contributed by atoms with E-state index in [2.05, 4.69) is 5.32 Å². The molecule has 1 aliphatic carbocycles. The van der Waals surface area contributed by atoms with Crippen LogP contribution < -0.4 is 5.32 Å². The first kappa shape index (κ1) is 17.5. The molecule has 0 spiro atoms. The Bertz CT molecular complexity index is 626. The summed E-state index contributed by atoms with van der Waals surface area (Å²) >= 11 is 12.1. The van der Waals surface area contributed by atoms with Crippen molar-refractivity contribution in [1.29, 1.82) is 0 Å². The Kier molecular flexibility index (Phi) is 5.64. The summed E-state index contributed by atoms with van der Waals surface area (Å²) in [5.74, 6) is 0.722. The number of benzene rings is 1. The number of nitrogens with one attached hydrogen (secondary N) is 1. The highest BCUT2D eigenvalue weighted by Crippen LogP contribution is 2.28. The van der Waals surface area contributed by atoms with Crippen LogP contribution in [0.4, 0.5) is 0 Å². The third-order valence-electron chi connectivity index (χ3n) is 4.51. The molecule has 1 saturated carbocycles. The van der Waals surface area contributed by atoms with Crippen molar-refractivity contribution in [2.75, 3.05) is 39.3 Å². The fourth-order valence-corrected chi connectivity index (χ4v) is 3.20. The van der Waals surface area contributed by atoms with Crippen LogP contribution in [0.1, 0.15) is 23.2 Å². The van der Waals surface area contributed by atoms with Crippen LogP contribution in [-0.2, 0) is 4.79 Å². The molecule has 0 bridgehead atoms. The van der Waals surface area contributed by atoms with Crippen molar-refractivity contribution in [1.82, 2.24) is 15.1 Å². The van der Waals surface area contributed by atoms with E-state index in [-0.39, 0.29) is 16.8 Å². The molecule has 24 heavy (non-hydrogen) atoms. The van der Waals surface area contributed by atoms with Gasteiger partial charge in [0.15, 0.2) is 0 Å². The molecule has 0 atom stereocenters. The zero-order chi connectivity index (χ0) is 17.1. The standard InChI is InChI=1S/C17H21Cl2N3O2/c18-14-3-1-2-13(16(14)19)17(24)22-8-6-21(7-9-22)15(23)11-20-10-12-4-5-12/h1-3,12,20H,4-11H2. The number of piperazine rings is 1. The summed E-state index contributed by atoms with van der Waals surface area (Å²) in [6.07, 6.45) is 2.54. The van der Waals surface area contributed by atoms with Gasteiger partial charge in [0.2, 0.25) is 5.91 Å². The number of carbonyl (C=O) groups is 2. The van der Waals surface area contributed by atoms with Crippen LogP contribution in [-0.4, -0.2) is 60.9 Å². The third kappa shape index (κ3) is 4.21. The fraction of sp³-hybridized carbons (Fsp3) is 0.529. The maximum Gasteiger partial charge on any atom is 0.255 e. The highest BCUT2D eigenvalue weighted by Gasteiger charge is 2.26. The van der Waals surface area contributed by atoms with Crippen LogP contribution >= 0.6 is 23.2 Å². The Morgan fingerprint density at radius 2 is 1.75 bits per heavy atom.